The van der Waals surface area contributed by atoms with Crippen LogP contribution < -0.4 is 5.32 Å². The van der Waals surface area contributed by atoms with E-state index in [9.17, 15) is 0 Å². The molecule has 1 saturated carbocycles. The monoisotopic (exact) mass is 153 g/mol. The Bertz CT molecular complexity index is 160. The van der Waals surface area contributed by atoms with Crippen LogP contribution in [0.3, 0.4) is 0 Å². The quantitative estimate of drug-likeness (QED) is 0.562. The first-order chi connectivity index (χ1) is 5.02. The first-order valence-electron chi connectivity index (χ1n) is 4.77. The summed E-state index contributed by atoms with van der Waals surface area (Å²) >= 11 is 0. The fraction of sp³-hybridized carbons (Fsp3) is 1.00. The van der Waals surface area contributed by atoms with Crippen LogP contribution in [0.5, 0.6) is 0 Å². The van der Waals surface area contributed by atoms with E-state index in [4.69, 9.17) is 0 Å². The molecule has 1 aliphatic carbocycles. The van der Waals surface area contributed by atoms with E-state index in [1.165, 1.54) is 25.8 Å². The third-order valence-corrected chi connectivity index (χ3v) is 3.40. The molecule has 0 amide bonds. The second-order valence-corrected chi connectivity index (χ2v) is 5.42. The van der Waals surface area contributed by atoms with Crippen LogP contribution in [0.2, 0.25) is 0 Å². The van der Waals surface area contributed by atoms with Gasteiger partial charge in [-0.1, -0.05) is 13.8 Å². The topological polar surface area (TPSA) is 12.0 Å². The summed E-state index contributed by atoms with van der Waals surface area (Å²) in [4.78, 5) is 0. The Morgan fingerprint density at radius 2 is 2.00 bits per heavy atom. The molecule has 1 nitrogen and oxygen atoms in total. The maximum absolute atomic E-state index is 3.67. The lowest BCUT2D eigenvalue weighted by molar-refractivity contribution is 0.173. The van der Waals surface area contributed by atoms with E-state index in [0.717, 1.165) is 5.92 Å². The Morgan fingerprint density at radius 1 is 1.27 bits per heavy atom. The van der Waals surface area contributed by atoms with Crippen molar-refractivity contribution >= 4 is 0 Å². The maximum atomic E-state index is 3.67. The van der Waals surface area contributed by atoms with Gasteiger partial charge in [0.1, 0.15) is 0 Å². The van der Waals surface area contributed by atoms with Crippen LogP contribution >= 0.6 is 0 Å². The summed E-state index contributed by atoms with van der Waals surface area (Å²) in [5.41, 5.74) is 1.10. The molecule has 1 N–H and O–H groups in total. The van der Waals surface area contributed by atoms with Crippen LogP contribution in [0.15, 0.2) is 0 Å². The molecule has 64 valence electrons. The second-order valence-electron chi connectivity index (χ2n) is 5.42. The Hall–Kier alpha value is -0.0400. The molecule has 1 heterocycles. The van der Waals surface area contributed by atoms with Crippen molar-refractivity contribution in [3.05, 3.63) is 0 Å². The van der Waals surface area contributed by atoms with E-state index in [1.807, 2.05) is 0 Å². The zero-order valence-electron chi connectivity index (χ0n) is 7.91. The SMILES string of the molecule is C[C@@H]1C[C@@]2(C)CN[C@@](C)(C1)C2. The lowest BCUT2D eigenvalue weighted by Gasteiger charge is -2.37. The molecule has 3 atom stereocenters. The smallest absolute Gasteiger partial charge is 0.0161 e. The Balaban J connectivity index is 2.21. The van der Waals surface area contributed by atoms with Crippen molar-refractivity contribution in [1.29, 1.82) is 0 Å². The van der Waals surface area contributed by atoms with E-state index in [1.54, 1.807) is 0 Å². The predicted molar refractivity (Wildman–Crippen MR) is 47.5 cm³/mol. The van der Waals surface area contributed by atoms with Gasteiger partial charge in [-0.25, -0.2) is 0 Å². The number of rotatable bonds is 0. The van der Waals surface area contributed by atoms with E-state index in [-0.39, 0.29) is 0 Å². The predicted octanol–water partition coefficient (Wildman–Crippen LogP) is 2.17. The van der Waals surface area contributed by atoms with Crippen molar-refractivity contribution in [1.82, 2.24) is 5.32 Å². The van der Waals surface area contributed by atoms with Crippen molar-refractivity contribution < 1.29 is 0 Å². The number of fused-ring (bicyclic) bond motifs is 2. The molecule has 1 heteroatoms. The minimum absolute atomic E-state index is 0.479. The molecule has 1 aliphatic heterocycles. The zero-order valence-corrected chi connectivity index (χ0v) is 7.91. The molecular formula is C10H19N. The highest BCUT2D eigenvalue weighted by molar-refractivity contribution is 5.04. The van der Waals surface area contributed by atoms with Crippen molar-refractivity contribution in [3.63, 3.8) is 0 Å². The van der Waals surface area contributed by atoms with Gasteiger partial charge in [-0.2, -0.15) is 0 Å². The molecule has 0 radical (unpaired) electrons. The van der Waals surface area contributed by atoms with Crippen molar-refractivity contribution in [3.8, 4) is 0 Å². The van der Waals surface area contributed by atoms with E-state index in [2.05, 4.69) is 26.1 Å². The molecule has 11 heavy (non-hydrogen) atoms. The van der Waals surface area contributed by atoms with Crippen LogP contribution in [0.1, 0.15) is 40.0 Å². The van der Waals surface area contributed by atoms with Crippen LogP contribution in [0.4, 0.5) is 0 Å². The summed E-state index contributed by atoms with van der Waals surface area (Å²) in [6, 6.07) is 0. The van der Waals surface area contributed by atoms with E-state index in [0.29, 0.717) is 11.0 Å². The van der Waals surface area contributed by atoms with Crippen LogP contribution in [0.25, 0.3) is 0 Å². The van der Waals surface area contributed by atoms with Gasteiger partial charge in [0, 0.05) is 12.1 Å². The van der Waals surface area contributed by atoms with Gasteiger partial charge in [0.2, 0.25) is 0 Å². The van der Waals surface area contributed by atoms with Crippen LogP contribution in [0, 0.1) is 11.3 Å². The number of nitrogens with one attached hydrogen (secondary N) is 1. The van der Waals surface area contributed by atoms with E-state index < -0.39 is 0 Å². The van der Waals surface area contributed by atoms with Gasteiger partial charge in [-0.05, 0) is 37.5 Å². The summed E-state index contributed by atoms with van der Waals surface area (Å²) < 4.78 is 0. The lowest BCUT2D eigenvalue weighted by atomic mass is 9.68. The minimum atomic E-state index is 0.479. The molecule has 0 spiro atoms. The summed E-state index contributed by atoms with van der Waals surface area (Å²) in [6.45, 7) is 8.45. The Morgan fingerprint density at radius 3 is 2.64 bits per heavy atom. The summed E-state index contributed by atoms with van der Waals surface area (Å²) in [7, 11) is 0. The molecule has 2 aliphatic rings. The largest absolute Gasteiger partial charge is 0.311 e. The van der Waals surface area contributed by atoms with Crippen LogP contribution in [-0.2, 0) is 0 Å². The van der Waals surface area contributed by atoms with Gasteiger partial charge < -0.3 is 5.32 Å². The molecule has 2 rings (SSSR count). The lowest BCUT2D eigenvalue weighted by Crippen LogP contribution is -2.39. The fourth-order valence-corrected chi connectivity index (χ4v) is 3.46. The highest BCUT2D eigenvalue weighted by Crippen LogP contribution is 2.48. The average Bonchev–Trinajstić information content (AvgIpc) is 2.01. The summed E-state index contributed by atoms with van der Waals surface area (Å²) in [5.74, 6) is 0.925. The Kier molecular flexibility index (Phi) is 1.39. The minimum Gasteiger partial charge on any atom is -0.311 e. The third-order valence-electron chi connectivity index (χ3n) is 3.40. The highest BCUT2D eigenvalue weighted by Gasteiger charge is 2.47. The first kappa shape index (κ1) is 7.60. The Labute approximate surface area is 69.6 Å². The zero-order chi connectivity index (χ0) is 8.11. The molecular weight excluding hydrogens is 134 g/mol. The van der Waals surface area contributed by atoms with Gasteiger partial charge in [0.05, 0.1) is 0 Å². The number of hydrogen-bond donors (Lipinski definition) is 1. The van der Waals surface area contributed by atoms with Gasteiger partial charge in [0.25, 0.3) is 0 Å². The van der Waals surface area contributed by atoms with Crippen molar-refractivity contribution in [2.24, 2.45) is 11.3 Å². The normalized spacial score (nSPS) is 56.5. The number of hydrogen-bond acceptors (Lipinski definition) is 1. The summed E-state index contributed by atoms with van der Waals surface area (Å²) in [5, 5.41) is 3.67. The molecule has 0 aromatic rings. The highest BCUT2D eigenvalue weighted by atomic mass is 15.0. The van der Waals surface area contributed by atoms with Crippen LogP contribution in [-0.4, -0.2) is 12.1 Å². The second kappa shape index (κ2) is 2.01. The molecule has 0 aromatic heterocycles. The van der Waals surface area contributed by atoms with Gasteiger partial charge in [-0.15, -0.1) is 0 Å². The molecule has 2 bridgehead atoms. The van der Waals surface area contributed by atoms with Crippen molar-refractivity contribution in [2.45, 2.75) is 45.6 Å². The first-order valence-corrected chi connectivity index (χ1v) is 4.77. The van der Waals surface area contributed by atoms with Gasteiger partial charge in [0.15, 0.2) is 0 Å². The third kappa shape index (κ3) is 1.20. The molecule has 2 fully saturated rings. The van der Waals surface area contributed by atoms with Gasteiger partial charge in [-0.3, -0.25) is 0 Å². The average molecular weight is 153 g/mol. The summed E-state index contributed by atoms with van der Waals surface area (Å²) in [6.07, 6.45) is 4.20. The molecule has 1 saturated heterocycles. The molecule has 0 aromatic carbocycles. The maximum Gasteiger partial charge on any atom is 0.0161 e. The molecule has 0 unspecified atom stereocenters. The fourth-order valence-electron chi connectivity index (χ4n) is 3.46. The van der Waals surface area contributed by atoms with E-state index >= 15 is 0 Å². The standard InChI is InChI=1S/C10H19N/c1-8-4-9(2)6-10(3,5-8)11-7-9/h8,11H,4-7H2,1-3H3/t8-,9-,10+/m1/s1. The van der Waals surface area contributed by atoms with Crippen molar-refractivity contribution in [2.75, 3.05) is 6.54 Å². The van der Waals surface area contributed by atoms with Gasteiger partial charge >= 0.3 is 0 Å².